The second kappa shape index (κ2) is 6.36. The lowest BCUT2D eigenvalue weighted by Gasteiger charge is -2.26. The van der Waals surface area contributed by atoms with Crippen molar-refractivity contribution in [1.29, 1.82) is 0 Å². The number of alkyl halides is 3. The second-order valence-corrected chi connectivity index (χ2v) is 6.30. The van der Waals surface area contributed by atoms with Crippen LogP contribution in [-0.2, 0) is 16.4 Å². The molecule has 0 saturated heterocycles. The van der Waals surface area contributed by atoms with Crippen molar-refractivity contribution < 1.29 is 22.7 Å². The van der Waals surface area contributed by atoms with Crippen LogP contribution in [0.25, 0.3) is 0 Å². The fourth-order valence-corrected chi connectivity index (χ4v) is 3.44. The topological polar surface area (TPSA) is 38.3 Å². The summed E-state index contributed by atoms with van der Waals surface area (Å²) in [5.41, 5.74) is -1.17. The fourth-order valence-electron chi connectivity index (χ4n) is 3.27. The van der Waals surface area contributed by atoms with Crippen molar-refractivity contribution in [2.24, 2.45) is 0 Å². The number of ether oxygens (including phenoxy) is 1. The van der Waals surface area contributed by atoms with Crippen molar-refractivity contribution >= 4 is 23.2 Å². The number of halogens is 4. The number of amides is 1. The van der Waals surface area contributed by atoms with Gasteiger partial charge in [0.1, 0.15) is 11.2 Å². The molecule has 0 saturated carbocycles. The number of rotatable bonds is 3. The summed E-state index contributed by atoms with van der Waals surface area (Å²) in [6, 6.07) is 8.05. The maximum absolute atomic E-state index is 13.0. The maximum atomic E-state index is 13.0. The molecule has 0 aromatic heterocycles. The molecule has 2 aromatic rings. The van der Waals surface area contributed by atoms with Crippen LogP contribution < -0.4 is 10.1 Å². The number of hydrogen-bond acceptors (Lipinski definition) is 2. The van der Waals surface area contributed by atoms with Crippen LogP contribution >= 0.6 is 11.6 Å². The standard InChI is InChI=1S/C19H15ClF3NO2/c1-3-8-18(14-10-12(20)5-7-16(14)26-2)13-6-4-11(19(21,22)23)9-15(13)24-17(18)25/h3-10H,1-2H3,(H,24,25)/b8-3+. The van der Waals surface area contributed by atoms with Crippen LogP contribution in [0.4, 0.5) is 18.9 Å². The van der Waals surface area contributed by atoms with Gasteiger partial charge in [-0.3, -0.25) is 4.79 Å². The molecule has 1 unspecified atom stereocenters. The molecule has 1 atom stereocenters. The Hall–Kier alpha value is -2.47. The third kappa shape index (κ3) is 2.74. The molecular weight excluding hydrogens is 367 g/mol. The molecule has 1 heterocycles. The summed E-state index contributed by atoms with van der Waals surface area (Å²) >= 11 is 6.11. The van der Waals surface area contributed by atoms with Gasteiger partial charge in [-0.1, -0.05) is 29.8 Å². The first-order chi connectivity index (χ1) is 12.2. The average Bonchev–Trinajstić information content (AvgIpc) is 2.86. The highest BCUT2D eigenvalue weighted by Gasteiger charge is 2.48. The number of hydrogen-bond donors (Lipinski definition) is 1. The van der Waals surface area contributed by atoms with E-state index in [9.17, 15) is 18.0 Å². The summed E-state index contributed by atoms with van der Waals surface area (Å²) in [6.07, 6.45) is -1.19. The van der Waals surface area contributed by atoms with E-state index >= 15 is 0 Å². The molecule has 0 bridgehead atoms. The minimum atomic E-state index is -4.50. The van der Waals surface area contributed by atoms with Crippen molar-refractivity contribution in [3.8, 4) is 5.75 Å². The summed E-state index contributed by atoms with van der Waals surface area (Å²) in [7, 11) is 1.45. The van der Waals surface area contributed by atoms with E-state index in [-0.39, 0.29) is 5.69 Å². The van der Waals surface area contributed by atoms with Crippen molar-refractivity contribution in [3.05, 3.63) is 70.3 Å². The van der Waals surface area contributed by atoms with E-state index in [0.29, 0.717) is 21.9 Å². The van der Waals surface area contributed by atoms with Gasteiger partial charge in [-0.15, -0.1) is 0 Å². The zero-order chi connectivity index (χ0) is 19.1. The van der Waals surface area contributed by atoms with Gasteiger partial charge >= 0.3 is 6.18 Å². The number of carbonyl (C=O) groups excluding carboxylic acids is 1. The predicted molar refractivity (Wildman–Crippen MR) is 93.7 cm³/mol. The van der Waals surface area contributed by atoms with Crippen LogP contribution in [0.3, 0.4) is 0 Å². The van der Waals surface area contributed by atoms with Crippen LogP contribution in [-0.4, -0.2) is 13.0 Å². The third-order valence-corrected chi connectivity index (χ3v) is 4.62. The molecule has 136 valence electrons. The van der Waals surface area contributed by atoms with Gasteiger partial charge < -0.3 is 10.1 Å². The summed E-state index contributed by atoms with van der Waals surface area (Å²) in [4.78, 5) is 12.9. The quantitative estimate of drug-likeness (QED) is 0.744. The zero-order valence-electron chi connectivity index (χ0n) is 13.9. The molecule has 26 heavy (non-hydrogen) atoms. The number of anilines is 1. The molecule has 0 radical (unpaired) electrons. The van der Waals surface area contributed by atoms with E-state index in [0.717, 1.165) is 12.1 Å². The Balaban J connectivity index is 2.31. The highest BCUT2D eigenvalue weighted by Crippen LogP contribution is 2.49. The van der Waals surface area contributed by atoms with Gasteiger partial charge in [0.05, 0.1) is 12.7 Å². The Kier molecular flexibility index (Phi) is 4.48. The zero-order valence-corrected chi connectivity index (χ0v) is 14.7. The molecule has 0 spiro atoms. The lowest BCUT2D eigenvalue weighted by Crippen LogP contribution is -2.34. The van der Waals surface area contributed by atoms with E-state index < -0.39 is 23.1 Å². The molecule has 3 nitrogen and oxygen atoms in total. The van der Waals surface area contributed by atoms with Crippen LogP contribution in [0.5, 0.6) is 5.75 Å². The van der Waals surface area contributed by atoms with Gasteiger partial charge in [-0.25, -0.2) is 0 Å². The first kappa shape index (κ1) is 18.3. The van der Waals surface area contributed by atoms with E-state index in [1.807, 2.05) is 0 Å². The summed E-state index contributed by atoms with van der Waals surface area (Å²) in [5, 5.41) is 2.95. The van der Waals surface area contributed by atoms with Crippen molar-refractivity contribution in [2.75, 3.05) is 12.4 Å². The average molecular weight is 382 g/mol. The Bertz CT molecular complexity index is 908. The van der Waals surface area contributed by atoms with E-state index in [1.165, 1.54) is 13.2 Å². The molecule has 0 fully saturated rings. The summed E-state index contributed by atoms with van der Waals surface area (Å²) < 4.78 is 44.4. The number of carbonyl (C=O) groups is 1. The summed E-state index contributed by atoms with van der Waals surface area (Å²) in [5.74, 6) is -0.0547. The maximum Gasteiger partial charge on any atom is 0.416 e. The Morgan fingerprint density at radius 2 is 1.88 bits per heavy atom. The third-order valence-electron chi connectivity index (χ3n) is 4.38. The van der Waals surface area contributed by atoms with Crippen LogP contribution in [0.1, 0.15) is 23.6 Å². The van der Waals surface area contributed by atoms with Gasteiger partial charge in [-0.05, 0) is 42.8 Å². The van der Waals surface area contributed by atoms with Crippen molar-refractivity contribution in [1.82, 2.24) is 0 Å². The first-order valence-electron chi connectivity index (χ1n) is 7.75. The Morgan fingerprint density at radius 3 is 2.50 bits per heavy atom. The molecule has 3 rings (SSSR count). The highest BCUT2D eigenvalue weighted by atomic mass is 35.5. The summed E-state index contributed by atoms with van der Waals surface area (Å²) in [6.45, 7) is 1.73. The van der Waals surface area contributed by atoms with E-state index in [2.05, 4.69) is 5.32 Å². The van der Waals surface area contributed by atoms with Crippen molar-refractivity contribution in [2.45, 2.75) is 18.5 Å². The molecule has 0 aliphatic carbocycles. The highest BCUT2D eigenvalue weighted by molar-refractivity contribution is 6.30. The second-order valence-electron chi connectivity index (χ2n) is 5.86. The monoisotopic (exact) mass is 381 g/mol. The lowest BCUT2D eigenvalue weighted by molar-refractivity contribution is -0.137. The SMILES string of the molecule is C/C=C/C1(c2cc(Cl)ccc2OC)C(=O)Nc2cc(C(F)(F)F)ccc21. The minimum absolute atomic E-state index is 0.116. The van der Waals surface area contributed by atoms with Crippen molar-refractivity contribution in [3.63, 3.8) is 0 Å². The predicted octanol–water partition coefficient (Wildman–Crippen LogP) is 5.18. The smallest absolute Gasteiger partial charge is 0.416 e. The number of nitrogens with one attached hydrogen (secondary N) is 1. The van der Waals surface area contributed by atoms with Crippen LogP contribution in [0.15, 0.2) is 48.6 Å². The van der Waals surface area contributed by atoms with Gasteiger partial charge in [0, 0.05) is 16.3 Å². The Morgan fingerprint density at radius 1 is 1.15 bits per heavy atom. The van der Waals surface area contributed by atoms with Gasteiger partial charge in [0.25, 0.3) is 0 Å². The largest absolute Gasteiger partial charge is 0.496 e. The van der Waals surface area contributed by atoms with Gasteiger partial charge in [-0.2, -0.15) is 13.2 Å². The fraction of sp³-hybridized carbons (Fsp3) is 0.211. The van der Waals surface area contributed by atoms with Crippen LogP contribution in [0, 0.1) is 0 Å². The molecule has 1 amide bonds. The molecule has 7 heteroatoms. The molecule has 1 aliphatic rings. The lowest BCUT2D eigenvalue weighted by atomic mass is 9.74. The normalized spacial score (nSPS) is 19.5. The van der Waals surface area contributed by atoms with Crippen LogP contribution in [0.2, 0.25) is 5.02 Å². The first-order valence-corrected chi connectivity index (χ1v) is 8.13. The molecule has 1 N–H and O–H groups in total. The van der Waals surface area contributed by atoms with Gasteiger partial charge in [0.2, 0.25) is 5.91 Å². The number of methoxy groups -OCH3 is 1. The number of allylic oxidation sites excluding steroid dienone is 1. The van der Waals surface area contributed by atoms with E-state index in [4.69, 9.17) is 16.3 Å². The number of benzene rings is 2. The molecule has 1 aliphatic heterocycles. The molecular formula is C19H15ClF3NO2. The minimum Gasteiger partial charge on any atom is -0.496 e. The molecule has 2 aromatic carbocycles. The van der Waals surface area contributed by atoms with E-state index in [1.54, 1.807) is 37.3 Å². The number of fused-ring (bicyclic) bond motifs is 1. The van der Waals surface area contributed by atoms with Gasteiger partial charge in [0.15, 0.2) is 0 Å². The Labute approximate surface area is 153 Å².